The molecule has 0 spiro atoms. The summed E-state index contributed by atoms with van der Waals surface area (Å²) in [7, 11) is 0. The maximum atomic E-state index is 10.6. The molecule has 2 aromatic heterocycles. The summed E-state index contributed by atoms with van der Waals surface area (Å²) in [6.07, 6.45) is 3.96. The Morgan fingerprint density at radius 1 is 1.32 bits per heavy atom. The highest BCUT2D eigenvalue weighted by Gasteiger charge is 2.26. The van der Waals surface area contributed by atoms with E-state index in [1.807, 2.05) is 18.3 Å². The third-order valence-corrected chi connectivity index (χ3v) is 6.03. The molecule has 1 fully saturated rings. The lowest BCUT2D eigenvalue weighted by Gasteiger charge is -2.32. The van der Waals surface area contributed by atoms with Crippen molar-refractivity contribution in [3.8, 4) is 0 Å². The summed E-state index contributed by atoms with van der Waals surface area (Å²) >= 11 is 1.84. The zero-order chi connectivity index (χ0) is 19.8. The number of likely N-dealkylation sites (tertiary alicyclic amines) is 1. The van der Waals surface area contributed by atoms with Crippen molar-refractivity contribution in [1.29, 1.82) is 0 Å². The first-order valence-corrected chi connectivity index (χ1v) is 11.0. The van der Waals surface area contributed by atoms with Gasteiger partial charge in [-0.3, -0.25) is 4.90 Å². The van der Waals surface area contributed by atoms with E-state index in [4.69, 9.17) is 4.42 Å². The number of nitrogens with one attached hydrogen (secondary N) is 2. The molecular formula is C21H32N4O2S. The molecule has 0 bridgehead atoms. The molecule has 1 unspecified atom stereocenters. The molecule has 154 valence electrons. The van der Waals surface area contributed by atoms with Crippen molar-refractivity contribution < 1.29 is 9.52 Å². The largest absolute Gasteiger partial charge is 0.466 e. The third kappa shape index (κ3) is 6.09. The Bertz CT molecular complexity index is 705. The predicted molar refractivity (Wildman–Crippen MR) is 115 cm³/mol. The fraction of sp³-hybridized carbons (Fsp3) is 0.571. The molecule has 28 heavy (non-hydrogen) atoms. The Morgan fingerprint density at radius 3 is 2.79 bits per heavy atom. The molecular weight excluding hydrogens is 372 g/mol. The second kappa shape index (κ2) is 10.1. The van der Waals surface area contributed by atoms with Crippen LogP contribution in [0.4, 0.5) is 0 Å². The van der Waals surface area contributed by atoms with Crippen molar-refractivity contribution >= 4 is 17.3 Å². The van der Waals surface area contributed by atoms with Gasteiger partial charge < -0.3 is 20.2 Å². The van der Waals surface area contributed by atoms with Crippen LogP contribution in [-0.4, -0.2) is 48.7 Å². The van der Waals surface area contributed by atoms with Gasteiger partial charge in [0.15, 0.2) is 5.96 Å². The smallest absolute Gasteiger partial charge is 0.191 e. The molecule has 0 amide bonds. The molecule has 3 rings (SSSR count). The predicted octanol–water partition coefficient (Wildman–Crippen LogP) is 3.02. The van der Waals surface area contributed by atoms with E-state index >= 15 is 0 Å². The van der Waals surface area contributed by atoms with E-state index in [1.165, 1.54) is 17.7 Å². The average molecular weight is 405 g/mol. The number of aliphatic imine (C=N–C) groups is 1. The van der Waals surface area contributed by atoms with Crippen LogP contribution in [0.5, 0.6) is 0 Å². The molecule has 6 nitrogen and oxygen atoms in total. The van der Waals surface area contributed by atoms with Crippen LogP contribution in [0.3, 0.4) is 0 Å². The molecule has 1 aliphatic rings. The SMILES string of the molecule is CCNC(=NCC(C)(O)c1ccco1)NCC1CCN(Cc2cccs2)CC1. The van der Waals surface area contributed by atoms with Crippen molar-refractivity contribution in [3.05, 3.63) is 46.5 Å². The second-order valence-electron chi connectivity index (χ2n) is 7.63. The van der Waals surface area contributed by atoms with E-state index in [9.17, 15) is 5.11 Å². The third-order valence-electron chi connectivity index (χ3n) is 5.17. The van der Waals surface area contributed by atoms with Crippen LogP contribution >= 0.6 is 11.3 Å². The van der Waals surface area contributed by atoms with Gasteiger partial charge >= 0.3 is 0 Å². The van der Waals surface area contributed by atoms with E-state index in [0.29, 0.717) is 11.7 Å². The Morgan fingerprint density at radius 2 is 2.14 bits per heavy atom. The molecule has 1 atom stereocenters. The van der Waals surface area contributed by atoms with Crippen molar-refractivity contribution in [2.45, 2.75) is 38.8 Å². The van der Waals surface area contributed by atoms with Crippen LogP contribution in [0, 0.1) is 5.92 Å². The zero-order valence-corrected chi connectivity index (χ0v) is 17.7. The van der Waals surface area contributed by atoms with Gasteiger partial charge in [-0.1, -0.05) is 6.07 Å². The lowest BCUT2D eigenvalue weighted by molar-refractivity contribution is 0.0437. The summed E-state index contributed by atoms with van der Waals surface area (Å²) in [5.41, 5.74) is -1.11. The fourth-order valence-corrected chi connectivity index (χ4v) is 4.20. The van der Waals surface area contributed by atoms with Crippen molar-refractivity contribution in [1.82, 2.24) is 15.5 Å². The lowest BCUT2D eigenvalue weighted by Crippen LogP contribution is -2.43. The summed E-state index contributed by atoms with van der Waals surface area (Å²) in [4.78, 5) is 8.56. The summed E-state index contributed by atoms with van der Waals surface area (Å²) in [6, 6.07) is 7.90. The first kappa shape index (κ1) is 20.9. The van der Waals surface area contributed by atoms with Crippen LogP contribution in [0.2, 0.25) is 0 Å². The first-order chi connectivity index (χ1) is 13.6. The normalized spacial score (nSPS) is 18.8. The Hall–Kier alpha value is -1.83. The van der Waals surface area contributed by atoms with Crippen LogP contribution in [-0.2, 0) is 12.1 Å². The molecule has 3 heterocycles. The van der Waals surface area contributed by atoms with Gasteiger partial charge in [-0.15, -0.1) is 11.3 Å². The Kier molecular flexibility index (Phi) is 7.53. The quantitative estimate of drug-likeness (QED) is 0.466. The van der Waals surface area contributed by atoms with Gasteiger partial charge in [0, 0.05) is 24.5 Å². The Labute approximate surface area is 171 Å². The fourth-order valence-electron chi connectivity index (χ4n) is 3.45. The van der Waals surface area contributed by atoms with Crippen LogP contribution in [0.15, 0.2) is 45.3 Å². The first-order valence-electron chi connectivity index (χ1n) is 10.1. The molecule has 0 radical (unpaired) electrons. The number of furan rings is 1. The minimum atomic E-state index is -1.11. The van der Waals surface area contributed by atoms with Crippen LogP contribution in [0.25, 0.3) is 0 Å². The maximum Gasteiger partial charge on any atom is 0.191 e. The van der Waals surface area contributed by atoms with Gasteiger partial charge in [0.1, 0.15) is 11.4 Å². The standard InChI is InChI=1S/C21H32N4O2S/c1-3-22-20(24-16-21(2,26)19-7-4-12-27-19)23-14-17-8-10-25(11-9-17)15-18-6-5-13-28-18/h4-7,12-13,17,26H,3,8-11,14-16H2,1-2H3,(H2,22,23,24). The lowest BCUT2D eigenvalue weighted by atomic mass is 9.97. The minimum absolute atomic E-state index is 0.245. The van der Waals surface area contributed by atoms with Gasteiger partial charge in [0.25, 0.3) is 0 Å². The van der Waals surface area contributed by atoms with E-state index in [-0.39, 0.29) is 6.54 Å². The van der Waals surface area contributed by atoms with Gasteiger partial charge in [0.05, 0.1) is 12.8 Å². The number of aliphatic hydroxyl groups is 1. The number of hydrogen-bond donors (Lipinski definition) is 3. The van der Waals surface area contributed by atoms with Crippen molar-refractivity contribution in [2.75, 3.05) is 32.7 Å². The summed E-state index contributed by atoms with van der Waals surface area (Å²) in [5, 5.41) is 19.4. The molecule has 0 saturated carbocycles. The molecule has 2 aromatic rings. The average Bonchev–Trinajstić information content (AvgIpc) is 3.39. The van der Waals surface area contributed by atoms with Crippen LogP contribution < -0.4 is 10.6 Å². The molecule has 0 aromatic carbocycles. The summed E-state index contributed by atoms with van der Waals surface area (Å²) in [6.45, 7) is 9.07. The van der Waals surface area contributed by atoms with E-state index in [1.54, 1.807) is 25.3 Å². The van der Waals surface area contributed by atoms with E-state index in [2.05, 4.69) is 38.0 Å². The zero-order valence-electron chi connectivity index (χ0n) is 16.9. The molecule has 0 aliphatic carbocycles. The van der Waals surface area contributed by atoms with E-state index in [0.717, 1.165) is 38.7 Å². The number of guanidine groups is 1. The monoisotopic (exact) mass is 404 g/mol. The summed E-state index contributed by atoms with van der Waals surface area (Å²) < 4.78 is 5.33. The maximum absolute atomic E-state index is 10.6. The number of nitrogens with zero attached hydrogens (tertiary/aromatic N) is 2. The number of thiophene rings is 1. The molecule has 1 aliphatic heterocycles. The highest BCUT2D eigenvalue weighted by Crippen LogP contribution is 2.22. The van der Waals surface area contributed by atoms with Gasteiger partial charge in [0.2, 0.25) is 0 Å². The highest BCUT2D eigenvalue weighted by atomic mass is 32.1. The molecule has 7 heteroatoms. The number of hydrogen-bond acceptors (Lipinski definition) is 5. The second-order valence-corrected chi connectivity index (χ2v) is 8.66. The van der Waals surface area contributed by atoms with Crippen molar-refractivity contribution in [2.24, 2.45) is 10.9 Å². The molecule has 3 N–H and O–H groups in total. The van der Waals surface area contributed by atoms with Gasteiger partial charge in [-0.05, 0) is 69.3 Å². The van der Waals surface area contributed by atoms with Crippen LogP contribution in [0.1, 0.15) is 37.3 Å². The Balaban J connectivity index is 1.44. The van der Waals surface area contributed by atoms with E-state index < -0.39 is 5.60 Å². The highest BCUT2D eigenvalue weighted by molar-refractivity contribution is 7.09. The molecule has 1 saturated heterocycles. The summed E-state index contributed by atoms with van der Waals surface area (Å²) in [5.74, 6) is 1.93. The topological polar surface area (TPSA) is 73.0 Å². The number of rotatable bonds is 8. The minimum Gasteiger partial charge on any atom is -0.466 e. The van der Waals surface area contributed by atoms with Crippen molar-refractivity contribution in [3.63, 3.8) is 0 Å². The van der Waals surface area contributed by atoms with Gasteiger partial charge in [-0.2, -0.15) is 0 Å². The van der Waals surface area contributed by atoms with Gasteiger partial charge in [-0.25, -0.2) is 4.99 Å². The number of piperidine rings is 1.